The third-order valence-corrected chi connectivity index (χ3v) is 5.96. The summed E-state index contributed by atoms with van der Waals surface area (Å²) in [5.41, 5.74) is 4.55. The quantitative estimate of drug-likeness (QED) is 0.376. The second-order valence-corrected chi connectivity index (χ2v) is 8.36. The second kappa shape index (κ2) is 9.21. The fraction of sp³-hybridized carbons (Fsp3) is 0.308. The van der Waals surface area contributed by atoms with Crippen LogP contribution in [0, 0.1) is 5.95 Å². The molecule has 0 radical (unpaired) electrons. The number of hydrogen-bond acceptors (Lipinski definition) is 7. The van der Waals surface area contributed by atoms with Crippen LogP contribution in [0.25, 0.3) is 0 Å². The Labute approximate surface area is 197 Å². The molecule has 0 unspecified atom stereocenters. The van der Waals surface area contributed by atoms with Crippen LogP contribution in [-0.4, -0.2) is 30.7 Å². The Morgan fingerprint density at radius 1 is 1.18 bits per heavy atom. The number of halogens is 1. The number of rotatable bonds is 7. The molecule has 2 aromatic carbocycles. The summed E-state index contributed by atoms with van der Waals surface area (Å²) in [7, 11) is 0. The first-order valence-electron chi connectivity index (χ1n) is 11.4. The Kier molecular flexibility index (Phi) is 5.96. The third kappa shape index (κ3) is 4.23. The van der Waals surface area contributed by atoms with Crippen LogP contribution in [0.2, 0.25) is 0 Å². The largest absolute Gasteiger partial charge is 0.489 e. The number of carbonyl (C=O) groups is 1. The molecule has 0 bridgehead atoms. The monoisotopic (exact) mass is 463 g/mol. The van der Waals surface area contributed by atoms with Crippen LogP contribution in [0.5, 0.6) is 11.5 Å². The predicted octanol–water partition coefficient (Wildman–Crippen LogP) is 5.31. The summed E-state index contributed by atoms with van der Waals surface area (Å²) >= 11 is 0. The van der Waals surface area contributed by atoms with Gasteiger partial charge in [-0.2, -0.15) is 4.39 Å². The van der Waals surface area contributed by atoms with Crippen LogP contribution >= 0.6 is 0 Å². The van der Waals surface area contributed by atoms with Gasteiger partial charge in [0, 0.05) is 36.3 Å². The van der Waals surface area contributed by atoms with Gasteiger partial charge in [-0.15, -0.1) is 0 Å². The molecular weight excluding hydrogens is 437 g/mol. The third-order valence-electron chi connectivity index (χ3n) is 5.96. The Balaban J connectivity index is 1.39. The number of nitrogens with zero attached hydrogens (tertiary/aromatic N) is 2. The topological polar surface area (TPSA) is 72.9 Å². The van der Waals surface area contributed by atoms with Gasteiger partial charge in [0.25, 0.3) is 0 Å². The van der Waals surface area contributed by atoms with Crippen LogP contribution < -0.4 is 19.7 Å². The number of pyridine rings is 1. The van der Waals surface area contributed by atoms with Gasteiger partial charge >= 0.3 is 5.97 Å². The van der Waals surface area contributed by atoms with Crippen LogP contribution in [0.4, 0.5) is 21.5 Å². The molecule has 3 heterocycles. The standard InChI is InChI=1S/C26H26FN3O4/c1-3-11-30(18-8-10-25(27)28-13-18)22-6-4-5-19-21(14-33-26(19)22)29-17-7-9-20-23(12-17)32-15-24(20)34-16(2)31/h4-10,12-13,21,24,29H,3,11,14-15H2,1-2H3/t21-,24-/m1/s1. The highest BCUT2D eigenvalue weighted by atomic mass is 19.1. The minimum Gasteiger partial charge on any atom is -0.489 e. The lowest BCUT2D eigenvalue weighted by atomic mass is 10.1. The maximum Gasteiger partial charge on any atom is 0.303 e. The van der Waals surface area contributed by atoms with E-state index in [0.29, 0.717) is 19.0 Å². The minimum absolute atomic E-state index is 0.0477. The van der Waals surface area contributed by atoms with E-state index in [9.17, 15) is 9.18 Å². The molecule has 0 saturated carbocycles. The van der Waals surface area contributed by atoms with E-state index in [0.717, 1.165) is 46.9 Å². The van der Waals surface area contributed by atoms with Gasteiger partial charge in [-0.05, 0) is 36.8 Å². The molecule has 34 heavy (non-hydrogen) atoms. The van der Waals surface area contributed by atoms with Crippen LogP contribution in [0.15, 0.2) is 54.7 Å². The molecule has 176 valence electrons. The Morgan fingerprint density at radius 2 is 2.06 bits per heavy atom. The summed E-state index contributed by atoms with van der Waals surface area (Å²) in [5, 5.41) is 3.53. The number of carbonyl (C=O) groups excluding carboxylic acids is 1. The SMILES string of the molecule is CCCN(c1ccc(F)nc1)c1cccc2c1OC[C@H]2Nc1ccc2c(c1)OC[C@H]2OC(C)=O. The number of nitrogens with one attached hydrogen (secondary N) is 1. The molecule has 0 aliphatic carbocycles. The van der Waals surface area contributed by atoms with E-state index in [1.807, 2.05) is 30.3 Å². The first kappa shape index (κ1) is 22.0. The average Bonchev–Trinajstić information content (AvgIpc) is 3.42. The van der Waals surface area contributed by atoms with Crippen molar-refractivity contribution in [2.75, 3.05) is 30.0 Å². The lowest BCUT2D eigenvalue weighted by Crippen LogP contribution is -2.18. The zero-order valence-electron chi connectivity index (χ0n) is 19.1. The number of aromatic nitrogens is 1. The van der Waals surface area contributed by atoms with E-state index in [1.54, 1.807) is 12.3 Å². The second-order valence-electron chi connectivity index (χ2n) is 8.36. The first-order valence-corrected chi connectivity index (χ1v) is 11.4. The molecule has 0 fully saturated rings. The molecule has 2 aliphatic rings. The van der Waals surface area contributed by atoms with Crippen molar-refractivity contribution in [3.63, 3.8) is 0 Å². The molecule has 2 atom stereocenters. The maximum atomic E-state index is 13.4. The Morgan fingerprint density at radius 3 is 2.82 bits per heavy atom. The van der Waals surface area contributed by atoms with E-state index >= 15 is 0 Å². The smallest absolute Gasteiger partial charge is 0.303 e. The molecule has 5 rings (SSSR count). The fourth-order valence-electron chi connectivity index (χ4n) is 4.47. The molecule has 2 aliphatic heterocycles. The lowest BCUT2D eigenvalue weighted by Gasteiger charge is -2.26. The summed E-state index contributed by atoms with van der Waals surface area (Å²) in [5.74, 6) is 0.691. The number of benzene rings is 2. The van der Waals surface area contributed by atoms with Crippen molar-refractivity contribution in [1.82, 2.24) is 4.98 Å². The van der Waals surface area contributed by atoms with Crippen molar-refractivity contribution in [3.05, 3.63) is 71.8 Å². The molecule has 8 heteroatoms. The zero-order chi connectivity index (χ0) is 23.7. The van der Waals surface area contributed by atoms with Crippen molar-refractivity contribution in [2.45, 2.75) is 32.4 Å². The number of hydrogen-bond donors (Lipinski definition) is 1. The molecule has 0 amide bonds. The van der Waals surface area contributed by atoms with Crippen LogP contribution in [0.3, 0.4) is 0 Å². The van der Waals surface area contributed by atoms with Crippen molar-refractivity contribution in [2.24, 2.45) is 0 Å². The summed E-state index contributed by atoms with van der Waals surface area (Å²) < 4.78 is 30.6. The van der Waals surface area contributed by atoms with Crippen molar-refractivity contribution in [1.29, 1.82) is 0 Å². The van der Waals surface area contributed by atoms with E-state index in [1.165, 1.54) is 13.0 Å². The number of esters is 1. The average molecular weight is 464 g/mol. The van der Waals surface area contributed by atoms with E-state index in [-0.39, 0.29) is 18.1 Å². The van der Waals surface area contributed by atoms with E-state index in [2.05, 4.69) is 28.2 Å². The van der Waals surface area contributed by atoms with Gasteiger partial charge in [-0.25, -0.2) is 4.98 Å². The molecule has 1 aromatic heterocycles. The predicted molar refractivity (Wildman–Crippen MR) is 126 cm³/mol. The molecule has 7 nitrogen and oxygen atoms in total. The minimum atomic E-state index is -0.503. The van der Waals surface area contributed by atoms with Crippen molar-refractivity contribution in [3.8, 4) is 11.5 Å². The van der Waals surface area contributed by atoms with Gasteiger partial charge in [0.1, 0.15) is 24.7 Å². The summed E-state index contributed by atoms with van der Waals surface area (Å²) in [6.07, 6.45) is 2.08. The van der Waals surface area contributed by atoms with Gasteiger partial charge in [-0.1, -0.05) is 19.1 Å². The number of para-hydroxylation sites is 1. The summed E-state index contributed by atoms with van der Waals surface area (Å²) in [4.78, 5) is 17.2. The number of fused-ring (bicyclic) bond motifs is 2. The van der Waals surface area contributed by atoms with Crippen LogP contribution in [0.1, 0.15) is 43.5 Å². The van der Waals surface area contributed by atoms with Gasteiger partial charge < -0.3 is 24.4 Å². The zero-order valence-corrected chi connectivity index (χ0v) is 19.1. The van der Waals surface area contributed by atoms with Gasteiger partial charge in [0.2, 0.25) is 5.95 Å². The molecular formula is C26H26FN3O4. The maximum absolute atomic E-state index is 13.4. The summed E-state index contributed by atoms with van der Waals surface area (Å²) in [6.45, 7) is 5.04. The molecule has 1 N–H and O–H groups in total. The number of ether oxygens (including phenoxy) is 3. The highest BCUT2D eigenvalue weighted by molar-refractivity contribution is 5.72. The summed E-state index contributed by atoms with van der Waals surface area (Å²) in [6, 6.07) is 14.9. The Bertz CT molecular complexity index is 1200. The lowest BCUT2D eigenvalue weighted by molar-refractivity contribution is -0.147. The fourth-order valence-corrected chi connectivity index (χ4v) is 4.47. The number of anilines is 3. The normalized spacial score (nSPS) is 17.9. The van der Waals surface area contributed by atoms with Crippen molar-refractivity contribution >= 4 is 23.0 Å². The Hall–Kier alpha value is -3.81. The molecule has 3 aromatic rings. The van der Waals surface area contributed by atoms with Gasteiger partial charge in [0.15, 0.2) is 6.10 Å². The molecule has 0 saturated heterocycles. The van der Waals surface area contributed by atoms with Crippen LogP contribution in [-0.2, 0) is 9.53 Å². The first-order chi connectivity index (χ1) is 16.5. The van der Waals surface area contributed by atoms with Gasteiger partial charge in [0.05, 0.1) is 23.6 Å². The highest BCUT2D eigenvalue weighted by Crippen LogP contribution is 2.44. The highest BCUT2D eigenvalue weighted by Gasteiger charge is 2.30. The van der Waals surface area contributed by atoms with E-state index in [4.69, 9.17) is 14.2 Å². The van der Waals surface area contributed by atoms with E-state index < -0.39 is 5.95 Å². The molecule has 0 spiro atoms. The van der Waals surface area contributed by atoms with Gasteiger partial charge in [-0.3, -0.25) is 4.79 Å². The van der Waals surface area contributed by atoms with Crippen molar-refractivity contribution < 1.29 is 23.4 Å².